The second-order valence-corrected chi connectivity index (χ2v) is 9.19. The predicted molar refractivity (Wildman–Crippen MR) is 124 cm³/mol. The molecular weight excluding hydrogens is 344 g/mol. The van der Waals surface area contributed by atoms with Crippen molar-refractivity contribution in [1.82, 2.24) is 0 Å². The Morgan fingerprint density at radius 3 is 1.25 bits per heavy atom. The van der Waals surface area contributed by atoms with E-state index in [0.717, 1.165) is 18.8 Å². The minimum absolute atomic E-state index is 0.344. The standard InChI is InChI=1S/C26H52O2/c1-3-4-5-6-7-8-9-10-11-13-16-19-22-25(2)23-20-17-14-12-15-18-21-24-26(27)28/h25H,3-24H2,1-2H3,(H,27,28). The maximum atomic E-state index is 10.4. The second kappa shape index (κ2) is 22.8. The molecule has 168 valence electrons. The first-order valence-corrected chi connectivity index (χ1v) is 12.9. The molecular formula is C26H52O2. The zero-order valence-corrected chi connectivity index (χ0v) is 19.5. The summed E-state index contributed by atoms with van der Waals surface area (Å²) in [7, 11) is 0. The number of carbonyl (C=O) groups is 1. The van der Waals surface area contributed by atoms with E-state index in [9.17, 15) is 4.79 Å². The molecule has 0 aliphatic heterocycles. The van der Waals surface area contributed by atoms with Gasteiger partial charge in [-0.25, -0.2) is 0 Å². The molecule has 0 amide bonds. The Morgan fingerprint density at radius 2 is 0.893 bits per heavy atom. The van der Waals surface area contributed by atoms with Crippen LogP contribution in [0.1, 0.15) is 155 Å². The monoisotopic (exact) mass is 396 g/mol. The largest absolute Gasteiger partial charge is 0.481 e. The molecule has 0 heterocycles. The van der Waals surface area contributed by atoms with Gasteiger partial charge < -0.3 is 5.11 Å². The van der Waals surface area contributed by atoms with Gasteiger partial charge >= 0.3 is 5.97 Å². The number of hydrogen-bond donors (Lipinski definition) is 1. The Balaban J connectivity index is 3.15. The van der Waals surface area contributed by atoms with Crippen LogP contribution in [0, 0.1) is 5.92 Å². The first kappa shape index (κ1) is 27.5. The molecule has 0 aromatic carbocycles. The van der Waals surface area contributed by atoms with E-state index in [2.05, 4.69) is 13.8 Å². The third-order valence-corrected chi connectivity index (χ3v) is 6.14. The Morgan fingerprint density at radius 1 is 0.571 bits per heavy atom. The van der Waals surface area contributed by atoms with Gasteiger partial charge in [-0.05, 0) is 12.3 Å². The lowest BCUT2D eigenvalue weighted by Crippen LogP contribution is -1.95. The first-order valence-electron chi connectivity index (χ1n) is 12.9. The fourth-order valence-electron chi connectivity index (χ4n) is 4.13. The summed E-state index contributed by atoms with van der Waals surface area (Å²) in [6, 6.07) is 0. The molecule has 0 saturated carbocycles. The van der Waals surface area contributed by atoms with Crippen LogP contribution in [0.25, 0.3) is 0 Å². The van der Waals surface area contributed by atoms with Crippen LogP contribution in [0.5, 0.6) is 0 Å². The summed E-state index contributed by atoms with van der Waals surface area (Å²) in [4.78, 5) is 10.4. The lowest BCUT2D eigenvalue weighted by atomic mass is 9.95. The maximum Gasteiger partial charge on any atom is 0.303 e. The topological polar surface area (TPSA) is 37.3 Å². The van der Waals surface area contributed by atoms with Crippen molar-refractivity contribution < 1.29 is 9.90 Å². The lowest BCUT2D eigenvalue weighted by molar-refractivity contribution is -0.137. The summed E-state index contributed by atoms with van der Waals surface area (Å²) in [6.07, 6.45) is 29.0. The molecule has 0 aromatic rings. The Hall–Kier alpha value is -0.530. The average molecular weight is 397 g/mol. The molecule has 0 aliphatic carbocycles. The van der Waals surface area contributed by atoms with Gasteiger partial charge in [-0.2, -0.15) is 0 Å². The van der Waals surface area contributed by atoms with Crippen molar-refractivity contribution >= 4 is 5.97 Å². The summed E-state index contributed by atoms with van der Waals surface area (Å²) in [5.74, 6) is 0.251. The fourth-order valence-corrected chi connectivity index (χ4v) is 4.13. The first-order chi connectivity index (χ1) is 13.7. The van der Waals surface area contributed by atoms with Gasteiger partial charge in [-0.3, -0.25) is 4.79 Å². The van der Waals surface area contributed by atoms with E-state index in [1.165, 1.54) is 122 Å². The summed E-state index contributed by atoms with van der Waals surface area (Å²) < 4.78 is 0. The van der Waals surface area contributed by atoms with Crippen molar-refractivity contribution in [3.05, 3.63) is 0 Å². The molecule has 2 nitrogen and oxygen atoms in total. The molecule has 1 atom stereocenters. The molecule has 1 unspecified atom stereocenters. The molecule has 0 spiro atoms. The van der Waals surface area contributed by atoms with Gasteiger partial charge in [0.2, 0.25) is 0 Å². The Bertz CT molecular complexity index is 314. The van der Waals surface area contributed by atoms with Gasteiger partial charge in [0.1, 0.15) is 0 Å². The number of aliphatic carboxylic acids is 1. The van der Waals surface area contributed by atoms with E-state index in [-0.39, 0.29) is 0 Å². The average Bonchev–Trinajstić information content (AvgIpc) is 2.67. The van der Waals surface area contributed by atoms with E-state index in [1.807, 2.05) is 0 Å². The third kappa shape index (κ3) is 23.5. The SMILES string of the molecule is CCCCCCCCCCCCCCC(C)CCCCCCCCCC(=O)O. The predicted octanol–water partition coefficient (Wildman–Crippen LogP) is 9.31. The molecule has 0 rings (SSSR count). The van der Waals surface area contributed by atoms with Crippen LogP contribution in [0.2, 0.25) is 0 Å². The van der Waals surface area contributed by atoms with Gasteiger partial charge in [-0.15, -0.1) is 0 Å². The second-order valence-electron chi connectivity index (χ2n) is 9.19. The van der Waals surface area contributed by atoms with E-state index in [1.54, 1.807) is 0 Å². The van der Waals surface area contributed by atoms with Gasteiger partial charge in [0.25, 0.3) is 0 Å². The summed E-state index contributed by atoms with van der Waals surface area (Å²) >= 11 is 0. The molecule has 0 saturated heterocycles. The van der Waals surface area contributed by atoms with Crippen LogP contribution < -0.4 is 0 Å². The van der Waals surface area contributed by atoms with E-state index in [0.29, 0.717) is 6.42 Å². The minimum atomic E-state index is -0.651. The van der Waals surface area contributed by atoms with Crippen molar-refractivity contribution in [2.75, 3.05) is 0 Å². The summed E-state index contributed by atoms with van der Waals surface area (Å²) in [5.41, 5.74) is 0. The summed E-state index contributed by atoms with van der Waals surface area (Å²) in [5, 5.41) is 8.60. The molecule has 0 bridgehead atoms. The zero-order valence-electron chi connectivity index (χ0n) is 19.5. The van der Waals surface area contributed by atoms with Gasteiger partial charge in [0, 0.05) is 6.42 Å². The molecule has 1 N–H and O–H groups in total. The van der Waals surface area contributed by atoms with Gasteiger partial charge in [-0.1, -0.05) is 142 Å². The van der Waals surface area contributed by atoms with Gasteiger partial charge in [0.15, 0.2) is 0 Å². The number of hydrogen-bond acceptors (Lipinski definition) is 1. The molecule has 0 aromatic heterocycles. The van der Waals surface area contributed by atoms with Crippen molar-refractivity contribution in [1.29, 1.82) is 0 Å². The van der Waals surface area contributed by atoms with Crippen molar-refractivity contribution in [2.45, 2.75) is 155 Å². The fraction of sp³-hybridized carbons (Fsp3) is 0.962. The normalized spacial score (nSPS) is 12.4. The van der Waals surface area contributed by atoms with Crippen molar-refractivity contribution in [3.8, 4) is 0 Å². The van der Waals surface area contributed by atoms with Crippen LogP contribution in [0.15, 0.2) is 0 Å². The number of rotatable bonds is 23. The molecule has 28 heavy (non-hydrogen) atoms. The lowest BCUT2D eigenvalue weighted by Gasteiger charge is -2.11. The Kier molecular flexibility index (Phi) is 22.3. The van der Waals surface area contributed by atoms with Crippen LogP contribution in [0.3, 0.4) is 0 Å². The van der Waals surface area contributed by atoms with Gasteiger partial charge in [0.05, 0.1) is 0 Å². The van der Waals surface area contributed by atoms with E-state index >= 15 is 0 Å². The number of carboxylic acids is 1. The zero-order chi connectivity index (χ0) is 20.7. The molecule has 0 fully saturated rings. The van der Waals surface area contributed by atoms with Crippen LogP contribution in [-0.2, 0) is 4.79 Å². The molecule has 2 heteroatoms. The highest BCUT2D eigenvalue weighted by molar-refractivity contribution is 5.66. The highest BCUT2D eigenvalue weighted by Crippen LogP contribution is 2.19. The van der Waals surface area contributed by atoms with Crippen LogP contribution >= 0.6 is 0 Å². The Labute approximate surface area is 177 Å². The van der Waals surface area contributed by atoms with Crippen molar-refractivity contribution in [3.63, 3.8) is 0 Å². The smallest absolute Gasteiger partial charge is 0.303 e. The van der Waals surface area contributed by atoms with E-state index < -0.39 is 5.97 Å². The number of carboxylic acid groups (broad SMARTS) is 1. The van der Waals surface area contributed by atoms with Crippen LogP contribution in [-0.4, -0.2) is 11.1 Å². The third-order valence-electron chi connectivity index (χ3n) is 6.14. The highest BCUT2D eigenvalue weighted by Gasteiger charge is 2.02. The minimum Gasteiger partial charge on any atom is -0.481 e. The molecule has 0 radical (unpaired) electrons. The highest BCUT2D eigenvalue weighted by atomic mass is 16.4. The van der Waals surface area contributed by atoms with Crippen molar-refractivity contribution in [2.24, 2.45) is 5.92 Å². The quantitative estimate of drug-likeness (QED) is 0.175. The van der Waals surface area contributed by atoms with E-state index in [4.69, 9.17) is 5.11 Å². The number of unbranched alkanes of at least 4 members (excludes halogenated alkanes) is 17. The molecule has 0 aliphatic rings. The summed E-state index contributed by atoms with van der Waals surface area (Å²) in [6.45, 7) is 4.72. The maximum absolute atomic E-state index is 10.4. The van der Waals surface area contributed by atoms with Crippen LogP contribution in [0.4, 0.5) is 0 Å².